The summed E-state index contributed by atoms with van der Waals surface area (Å²) < 4.78 is 0. The molecule has 0 aromatic heterocycles. The third kappa shape index (κ3) is 3.03. The Bertz CT molecular complexity index is 680. The Labute approximate surface area is 123 Å². The summed E-state index contributed by atoms with van der Waals surface area (Å²) in [7, 11) is 0. The number of thiocarbonyl (C=S) groups is 1. The van der Waals surface area contributed by atoms with Crippen molar-refractivity contribution >= 4 is 28.8 Å². The number of hydrogen-bond acceptors (Lipinski definition) is 2. The quantitative estimate of drug-likeness (QED) is 0.851. The highest BCUT2D eigenvalue weighted by atomic mass is 32.1. The van der Waals surface area contributed by atoms with E-state index in [0.29, 0.717) is 11.1 Å². The van der Waals surface area contributed by atoms with Gasteiger partial charge in [-0.1, -0.05) is 36.5 Å². The largest absolute Gasteiger partial charge is 0.389 e. The van der Waals surface area contributed by atoms with Crippen LogP contribution in [0.15, 0.2) is 42.5 Å². The van der Waals surface area contributed by atoms with Crippen LogP contribution in [-0.2, 0) is 0 Å². The summed E-state index contributed by atoms with van der Waals surface area (Å²) in [4.78, 5) is 12.5. The van der Waals surface area contributed by atoms with Gasteiger partial charge in [-0.3, -0.25) is 4.79 Å². The van der Waals surface area contributed by atoms with Crippen LogP contribution in [0, 0.1) is 13.8 Å². The molecule has 0 bridgehead atoms. The molecule has 0 radical (unpaired) electrons. The molecule has 0 atom stereocenters. The summed E-state index contributed by atoms with van der Waals surface area (Å²) in [5.74, 6) is -0.170. The third-order valence-electron chi connectivity index (χ3n) is 3.26. The van der Waals surface area contributed by atoms with Crippen LogP contribution in [0.5, 0.6) is 0 Å². The van der Waals surface area contributed by atoms with Gasteiger partial charge in [-0.2, -0.15) is 0 Å². The Kier molecular flexibility index (Phi) is 4.15. The number of anilines is 1. The van der Waals surface area contributed by atoms with E-state index in [1.165, 1.54) is 0 Å². The maximum Gasteiger partial charge on any atom is 0.255 e. The molecule has 0 unspecified atom stereocenters. The smallest absolute Gasteiger partial charge is 0.255 e. The van der Waals surface area contributed by atoms with Gasteiger partial charge in [0, 0.05) is 16.8 Å². The van der Waals surface area contributed by atoms with Crippen LogP contribution in [0.25, 0.3) is 0 Å². The Balaban J connectivity index is 2.26. The van der Waals surface area contributed by atoms with E-state index in [2.05, 4.69) is 5.32 Å². The molecule has 1 amide bonds. The molecule has 0 fully saturated rings. The van der Waals surface area contributed by atoms with Gasteiger partial charge in [0.15, 0.2) is 0 Å². The molecule has 3 N–H and O–H groups in total. The van der Waals surface area contributed by atoms with Crippen LogP contribution in [0.2, 0.25) is 0 Å². The number of carbonyl (C=O) groups excluding carboxylic acids is 1. The number of carbonyl (C=O) groups is 1. The lowest BCUT2D eigenvalue weighted by Gasteiger charge is -2.10. The van der Waals surface area contributed by atoms with Crippen molar-refractivity contribution in [2.24, 2.45) is 5.73 Å². The summed E-state index contributed by atoms with van der Waals surface area (Å²) in [5.41, 5.74) is 9.82. The normalized spacial score (nSPS) is 10.1. The van der Waals surface area contributed by atoms with Crippen molar-refractivity contribution in [2.75, 3.05) is 5.32 Å². The van der Waals surface area contributed by atoms with Gasteiger partial charge in [0.1, 0.15) is 4.99 Å². The van der Waals surface area contributed by atoms with Crippen LogP contribution in [0.1, 0.15) is 27.0 Å². The van der Waals surface area contributed by atoms with Gasteiger partial charge in [-0.05, 0) is 43.2 Å². The Hall–Kier alpha value is -2.20. The minimum Gasteiger partial charge on any atom is -0.389 e. The van der Waals surface area contributed by atoms with Gasteiger partial charge in [0.2, 0.25) is 0 Å². The lowest BCUT2D eigenvalue weighted by Crippen LogP contribution is -2.15. The molecule has 3 nitrogen and oxygen atoms in total. The number of nitrogens with two attached hydrogens (primary N) is 1. The second-order valence-corrected chi connectivity index (χ2v) is 5.09. The molecule has 0 saturated heterocycles. The summed E-state index contributed by atoms with van der Waals surface area (Å²) in [6.45, 7) is 3.99. The third-order valence-corrected chi connectivity index (χ3v) is 3.50. The fourth-order valence-corrected chi connectivity index (χ4v) is 2.02. The van der Waals surface area contributed by atoms with E-state index >= 15 is 0 Å². The maximum absolute atomic E-state index is 12.3. The summed E-state index contributed by atoms with van der Waals surface area (Å²) in [5, 5.41) is 2.91. The molecule has 0 heterocycles. The molecule has 2 aromatic rings. The van der Waals surface area contributed by atoms with Crippen molar-refractivity contribution in [1.29, 1.82) is 0 Å². The van der Waals surface area contributed by atoms with Crippen LogP contribution < -0.4 is 11.1 Å². The lowest BCUT2D eigenvalue weighted by atomic mass is 10.1. The molecule has 0 spiro atoms. The number of benzene rings is 2. The van der Waals surface area contributed by atoms with E-state index in [1.807, 2.05) is 32.0 Å². The van der Waals surface area contributed by atoms with E-state index in [-0.39, 0.29) is 10.9 Å². The van der Waals surface area contributed by atoms with Crippen molar-refractivity contribution < 1.29 is 4.79 Å². The molecule has 2 aromatic carbocycles. The van der Waals surface area contributed by atoms with Crippen molar-refractivity contribution in [3.05, 3.63) is 64.7 Å². The van der Waals surface area contributed by atoms with Gasteiger partial charge in [-0.15, -0.1) is 0 Å². The predicted molar refractivity (Wildman–Crippen MR) is 86.2 cm³/mol. The second-order valence-electron chi connectivity index (χ2n) is 4.65. The standard InChI is InChI=1S/C16H16N2OS/c1-10-5-3-8-14(11(10)2)18-16(19)13-7-4-6-12(9-13)15(17)20/h3-9H,1-2H3,(H2,17,20)(H,18,19). The van der Waals surface area contributed by atoms with Gasteiger partial charge >= 0.3 is 0 Å². The number of amides is 1. The van der Waals surface area contributed by atoms with Crippen LogP contribution >= 0.6 is 12.2 Å². The van der Waals surface area contributed by atoms with Crippen LogP contribution in [0.3, 0.4) is 0 Å². The first-order valence-electron chi connectivity index (χ1n) is 6.26. The number of aryl methyl sites for hydroxylation is 1. The van der Waals surface area contributed by atoms with E-state index in [0.717, 1.165) is 16.8 Å². The first-order chi connectivity index (χ1) is 9.49. The summed E-state index contributed by atoms with van der Waals surface area (Å²) >= 11 is 4.92. The van der Waals surface area contributed by atoms with Crippen LogP contribution in [-0.4, -0.2) is 10.9 Å². The van der Waals surface area contributed by atoms with Gasteiger partial charge < -0.3 is 11.1 Å². The van der Waals surface area contributed by atoms with Crippen molar-refractivity contribution in [2.45, 2.75) is 13.8 Å². The summed E-state index contributed by atoms with van der Waals surface area (Å²) in [6, 6.07) is 12.8. The highest BCUT2D eigenvalue weighted by molar-refractivity contribution is 7.80. The number of rotatable bonds is 3. The zero-order chi connectivity index (χ0) is 14.7. The number of nitrogens with one attached hydrogen (secondary N) is 1. The Morgan fingerprint density at radius 3 is 2.45 bits per heavy atom. The van der Waals surface area contributed by atoms with E-state index < -0.39 is 0 Å². The molecule has 0 aliphatic heterocycles. The van der Waals surface area contributed by atoms with E-state index in [1.54, 1.807) is 24.3 Å². The van der Waals surface area contributed by atoms with Crippen molar-refractivity contribution in [1.82, 2.24) is 0 Å². The summed E-state index contributed by atoms with van der Waals surface area (Å²) in [6.07, 6.45) is 0. The average molecular weight is 284 g/mol. The van der Waals surface area contributed by atoms with Gasteiger partial charge in [0.25, 0.3) is 5.91 Å². The topological polar surface area (TPSA) is 55.1 Å². The fraction of sp³-hybridized carbons (Fsp3) is 0.125. The predicted octanol–water partition coefficient (Wildman–Crippen LogP) is 3.19. The lowest BCUT2D eigenvalue weighted by molar-refractivity contribution is 0.102. The molecule has 0 aliphatic rings. The Morgan fingerprint density at radius 1 is 1.10 bits per heavy atom. The zero-order valence-corrected chi connectivity index (χ0v) is 12.3. The highest BCUT2D eigenvalue weighted by Gasteiger charge is 2.09. The van der Waals surface area contributed by atoms with Crippen LogP contribution in [0.4, 0.5) is 5.69 Å². The minimum atomic E-state index is -0.170. The highest BCUT2D eigenvalue weighted by Crippen LogP contribution is 2.19. The monoisotopic (exact) mass is 284 g/mol. The first kappa shape index (κ1) is 14.2. The molecular weight excluding hydrogens is 268 g/mol. The molecule has 0 aliphatic carbocycles. The molecular formula is C16H16N2OS. The second kappa shape index (κ2) is 5.84. The van der Waals surface area contributed by atoms with Crippen molar-refractivity contribution in [3.63, 3.8) is 0 Å². The molecule has 102 valence electrons. The SMILES string of the molecule is Cc1cccc(NC(=O)c2cccc(C(N)=S)c2)c1C. The van der Waals surface area contributed by atoms with Crippen molar-refractivity contribution in [3.8, 4) is 0 Å². The maximum atomic E-state index is 12.3. The Morgan fingerprint density at radius 2 is 1.75 bits per heavy atom. The fourth-order valence-electron chi connectivity index (χ4n) is 1.89. The molecule has 2 rings (SSSR count). The minimum absolute atomic E-state index is 0.170. The molecule has 4 heteroatoms. The molecule has 20 heavy (non-hydrogen) atoms. The molecule has 0 saturated carbocycles. The number of hydrogen-bond donors (Lipinski definition) is 2. The van der Waals surface area contributed by atoms with Gasteiger partial charge in [-0.25, -0.2) is 0 Å². The zero-order valence-electron chi connectivity index (χ0n) is 11.4. The van der Waals surface area contributed by atoms with E-state index in [4.69, 9.17) is 18.0 Å². The van der Waals surface area contributed by atoms with Gasteiger partial charge in [0.05, 0.1) is 0 Å². The van der Waals surface area contributed by atoms with E-state index in [9.17, 15) is 4.79 Å². The average Bonchev–Trinajstić information content (AvgIpc) is 2.44. The first-order valence-corrected chi connectivity index (χ1v) is 6.67.